The highest BCUT2D eigenvalue weighted by Gasteiger charge is 2.41. The Morgan fingerprint density at radius 3 is 2.68 bits per heavy atom. The van der Waals surface area contributed by atoms with Gasteiger partial charge in [-0.1, -0.05) is 0 Å². The van der Waals surface area contributed by atoms with Crippen molar-refractivity contribution in [2.75, 3.05) is 26.7 Å². The molecule has 0 bridgehead atoms. The fraction of sp³-hybridized carbons (Fsp3) is 0.643. The second-order valence-corrected chi connectivity index (χ2v) is 8.61. The summed E-state index contributed by atoms with van der Waals surface area (Å²) in [5.41, 5.74) is -0.103. The average Bonchev–Trinajstić information content (AvgIpc) is 3.17. The van der Waals surface area contributed by atoms with Crippen LogP contribution < -0.4 is 5.32 Å². The third-order valence-corrected chi connectivity index (χ3v) is 7.44. The van der Waals surface area contributed by atoms with E-state index in [0.717, 1.165) is 43.6 Å². The predicted octanol–water partition coefficient (Wildman–Crippen LogP) is 1.44. The topological polar surface area (TPSA) is 75.7 Å². The van der Waals surface area contributed by atoms with Gasteiger partial charge in [0.15, 0.2) is 0 Å². The SMILES string of the molecule is CNC(=O)c1cc(S(=O)(=O)N2CCC3(CCCO3)CC2)cs1. The van der Waals surface area contributed by atoms with Crippen molar-refractivity contribution >= 4 is 27.3 Å². The Morgan fingerprint density at radius 2 is 2.09 bits per heavy atom. The Hall–Kier alpha value is -0.960. The number of rotatable bonds is 3. The molecule has 3 heterocycles. The van der Waals surface area contributed by atoms with Crippen molar-refractivity contribution in [1.82, 2.24) is 9.62 Å². The molecular weight excluding hydrogens is 324 g/mol. The first-order valence-electron chi connectivity index (χ1n) is 7.42. The van der Waals surface area contributed by atoms with E-state index in [-0.39, 0.29) is 16.4 Å². The van der Waals surface area contributed by atoms with Gasteiger partial charge in [-0.3, -0.25) is 4.79 Å². The van der Waals surface area contributed by atoms with Crippen molar-refractivity contribution < 1.29 is 17.9 Å². The molecule has 2 aliphatic heterocycles. The summed E-state index contributed by atoms with van der Waals surface area (Å²) < 4.78 is 32.7. The molecular formula is C14H20N2O4S2. The van der Waals surface area contributed by atoms with Crippen LogP contribution in [0.4, 0.5) is 0 Å². The lowest BCUT2D eigenvalue weighted by Crippen LogP contribution is -2.46. The van der Waals surface area contributed by atoms with Gasteiger partial charge < -0.3 is 10.1 Å². The number of hydrogen-bond acceptors (Lipinski definition) is 5. The number of thiophene rings is 1. The molecule has 0 unspecified atom stereocenters. The molecule has 22 heavy (non-hydrogen) atoms. The van der Waals surface area contributed by atoms with Gasteiger partial charge in [0, 0.05) is 32.1 Å². The van der Waals surface area contributed by atoms with E-state index in [2.05, 4.69) is 5.32 Å². The smallest absolute Gasteiger partial charge is 0.261 e. The second kappa shape index (κ2) is 5.92. The fourth-order valence-electron chi connectivity index (χ4n) is 3.13. The lowest BCUT2D eigenvalue weighted by atomic mass is 9.90. The lowest BCUT2D eigenvalue weighted by molar-refractivity contribution is -0.0309. The van der Waals surface area contributed by atoms with Crippen molar-refractivity contribution in [3.63, 3.8) is 0 Å². The monoisotopic (exact) mass is 344 g/mol. The summed E-state index contributed by atoms with van der Waals surface area (Å²) in [7, 11) is -1.99. The molecule has 6 nitrogen and oxygen atoms in total. The number of carbonyl (C=O) groups is 1. The van der Waals surface area contributed by atoms with Crippen LogP contribution >= 0.6 is 11.3 Å². The van der Waals surface area contributed by atoms with E-state index < -0.39 is 10.0 Å². The molecule has 122 valence electrons. The van der Waals surface area contributed by atoms with Gasteiger partial charge in [0.1, 0.15) is 0 Å². The maximum Gasteiger partial charge on any atom is 0.261 e. The van der Waals surface area contributed by atoms with E-state index >= 15 is 0 Å². The summed E-state index contributed by atoms with van der Waals surface area (Å²) in [4.78, 5) is 12.2. The maximum absolute atomic E-state index is 12.7. The standard InChI is InChI=1S/C14H20N2O4S2/c1-15-13(17)12-9-11(10-21-12)22(18,19)16-6-4-14(5-7-16)3-2-8-20-14/h9-10H,2-8H2,1H3,(H,15,17). The van der Waals surface area contributed by atoms with E-state index in [1.807, 2.05) is 0 Å². The molecule has 2 fully saturated rings. The summed E-state index contributed by atoms with van der Waals surface area (Å²) in [5.74, 6) is -0.261. The minimum absolute atomic E-state index is 0.103. The van der Waals surface area contributed by atoms with Crippen LogP contribution in [0.2, 0.25) is 0 Å². The van der Waals surface area contributed by atoms with Gasteiger partial charge >= 0.3 is 0 Å². The van der Waals surface area contributed by atoms with E-state index in [1.54, 1.807) is 0 Å². The first kappa shape index (κ1) is 15.9. The van der Waals surface area contributed by atoms with Gasteiger partial charge in [0.05, 0.1) is 15.4 Å². The number of amides is 1. The molecule has 1 aromatic heterocycles. The molecule has 3 rings (SSSR count). The molecule has 1 spiro atoms. The highest BCUT2D eigenvalue weighted by molar-refractivity contribution is 7.89. The molecule has 0 radical (unpaired) electrons. The Balaban J connectivity index is 1.73. The van der Waals surface area contributed by atoms with E-state index in [0.29, 0.717) is 18.0 Å². The Labute approximate surface area is 134 Å². The predicted molar refractivity (Wildman–Crippen MR) is 83.6 cm³/mol. The summed E-state index contributed by atoms with van der Waals surface area (Å²) >= 11 is 1.15. The van der Waals surface area contributed by atoms with Crippen LogP contribution in [-0.4, -0.2) is 51.0 Å². The summed E-state index contributed by atoms with van der Waals surface area (Å²) in [6.07, 6.45) is 3.59. The molecule has 0 saturated carbocycles. The van der Waals surface area contributed by atoms with Gasteiger partial charge in [-0.2, -0.15) is 4.31 Å². The highest BCUT2D eigenvalue weighted by atomic mass is 32.2. The van der Waals surface area contributed by atoms with Crippen LogP contribution in [0.1, 0.15) is 35.4 Å². The number of ether oxygens (including phenoxy) is 1. The fourth-order valence-corrected chi connectivity index (χ4v) is 5.78. The number of nitrogens with zero attached hydrogens (tertiary/aromatic N) is 1. The van der Waals surface area contributed by atoms with Crippen molar-refractivity contribution in [3.8, 4) is 0 Å². The highest BCUT2D eigenvalue weighted by Crippen LogP contribution is 2.37. The number of piperidine rings is 1. The van der Waals surface area contributed by atoms with Crippen molar-refractivity contribution in [1.29, 1.82) is 0 Å². The van der Waals surface area contributed by atoms with Gasteiger partial charge in [-0.25, -0.2) is 8.42 Å². The lowest BCUT2D eigenvalue weighted by Gasteiger charge is -2.37. The maximum atomic E-state index is 12.7. The summed E-state index contributed by atoms with van der Waals surface area (Å²) in [5, 5.41) is 4.04. The first-order chi connectivity index (χ1) is 10.5. The quantitative estimate of drug-likeness (QED) is 0.900. The zero-order chi connectivity index (χ0) is 15.8. The van der Waals surface area contributed by atoms with Crippen molar-refractivity contribution in [2.24, 2.45) is 0 Å². The van der Waals surface area contributed by atoms with Crippen LogP contribution in [0.5, 0.6) is 0 Å². The number of hydrogen-bond donors (Lipinski definition) is 1. The Morgan fingerprint density at radius 1 is 1.36 bits per heavy atom. The van der Waals surface area contributed by atoms with Crippen LogP contribution in [0.3, 0.4) is 0 Å². The zero-order valence-corrected chi connectivity index (χ0v) is 14.1. The summed E-state index contributed by atoms with van der Waals surface area (Å²) in [6, 6.07) is 1.45. The third kappa shape index (κ3) is 2.80. The normalized spacial score (nSPS) is 22.0. The van der Waals surface area contributed by atoms with E-state index in [9.17, 15) is 13.2 Å². The van der Waals surface area contributed by atoms with Gasteiger partial charge in [-0.05, 0) is 31.7 Å². The van der Waals surface area contributed by atoms with E-state index in [1.165, 1.54) is 22.8 Å². The van der Waals surface area contributed by atoms with Crippen LogP contribution in [-0.2, 0) is 14.8 Å². The van der Waals surface area contributed by atoms with E-state index in [4.69, 9.17) is 4.74 Å². The molecule has 0 aromatic carbocycles. The van der Waals surface area contributed by atoms with Gasteiger partial charge in [0.2, 0.25) is 10.0 Å². The van der Waals surface area contributed by atoms with Crippen LogP contribution in [0, 0.1) is 0 Å². The number of carbonyl (C=O) groups excluding carboxylic acids is 1. The number of sulfonamides is 1. The van der Waals surface area contributed by atoms with Crippen LogP contribution in [0.25, 0.3) is 0 Å². The number of nitrogens with one attached hydrogen (secondary N) is 1. The minimum Gasteiger partial charge on any atom is -0.375 e. The zero-order valence-electron chi connectivity index (χ0n) is 12.5. The molecule has 8 heteroatoms. The van der Waals surface area contributed by atoms with Crippen molar-refractivity contribution in [3.05, 3.63) is 16.3 Å². The Kier molecular flexibility index (Phi) is 4.28. The third-order valence-electron chi connectivity index (χ3n) is 4.48. The van der Waals surface area contributed by atoms with Gasteiger partial charge in [-0.15, -0.1) is 11.3 Å². The Bertz CT molecular complexity index is 652. The van der Waals surface area contributed by atoms with Gasteiger partial charge in [0.25, 0.3) is 5.91 Å². The average molecular weight is 344 g/mol. The minimum atomic E-state index is -3.52. The van der Waals surface area contributed by atoms with Crippen LogP contribution in [0.15, 0.2) is 16.3 Å². The second-order valence-electron chi connectivity index (χ2n) is 5.76. The molecule has 2 aliphatic rings. The molecule has 1 amide bonds. The molecule has 0 aliphatic carbocycles. The first-order valence-corrected chi connectivity index (χ1v) is 9.74. The molecule has 1 N–H and O–H groups in total. The molecule has 2 saturated heterocycles. The molecule has 0 atom stereocenters. The largest absolute Gasteiger partial charge is 0.375 e. The molecule has 1 aromatic rings. The van der Waals surface area contributed by atoms with Crippen molar-refractivity contribution in [2.45, 2.75) is 36.2 Å². The summed E-state index contributed by atoms with van der Waals surface area (Å²) in [6.45, 7) is 1.74.